The largest absolute Gasteiger partial charge is 0.493 e. The van der Waals surface area contributed by atoms with Gasteiger partial charge in [-0.2, -0.15) is 0 Å². The van der Waals surface area contributed by atoms with Crippen molar-refractivity contribution in [2.24, 2.45) is 5.92 Å². The fraction of sp³-hybridized carbons (Fsp3) is 0.417. The lowest BCUT2D eigenvalue weighted by Gasteiger charge is -2.25. The molecule has 2 aromatic heterocycles. The number of rotatable bonds is 9. The molecule has 0 atom stereocenters. The van der Waals surface area contributed by atoms with Gasteiger partial charge in [0.1, 0.15) is 5.65 Å². The normalized spacial score (nSPS) is 11.4. The molecule has 0 saturated carbocycles. The number of pyridine rings is 1. The first-order valence-electron chi connectivity index (χ1n) is 10.3. The molecule has 0 spiro atoms. The number of methoxy groups -OCH3 is 3. The Morgan fingerprint density at radius 1 is 1.00 bits per heavy atom. The molecule has 0 amide bonds. The summed E-state index contributed by atoms with van der Waals surface area (Å²) in [5.41, 5.74) is 3.39. The highest BCUT2D eigenvalue weighted by Crippen LogP contribution is 2.38. The first-order chi connectivity index (χ1) is 14.8. The monoisotopic (exact) mass is 425 g/mol. The third-order valence-corrected chi connectivity index (χ3v) is 5.00. The van der Waals surface area contributed by atoms with E-state index in [0.29, 0.717) is 41.9 Å². The molecule has 166 valence electrons. The van der Waals surface area contributed by atoms with E-state index in [9.17, 15) is 4.79 Å². The van der Waals surface area contributed by atoms with Crippen LogP contribution in [0.25, 0.3) is 5.65 Å². The van der Waals surface area contributed by atoms with Gasteiger partial charge in [-0.05, 0) is 42.2 Å². The number of ether oxygens (including phenoxy) is 3. The van der Waals surface area contributed by atoms with Gasteiger partial charge in [0.2, 0.25) is 5.75 Å². The van der Waals surface area contributed by atoms with Gasteiger partial charge in [0.05, 0.1) is 27.0 Å². The van der Waals surface area contributed by atoms with Crippen molar-refractivity contribution in [2.45, 2.75) is 33.9 Å². The molecule has 3 rings (SSSR count). The lowest BCUT2D eigenvalue weighted by Crippen LogP contribution is -2.28. The van der Waals surface area contributed by atoms with E-state index in [2.05, 4.69) is 18.7 Å². The van der Waals surface area contributed by atoms with Crippen molar-refractivity contribution in [1.82, 2.24) is 14.3 Å². The molecule has 1 aromatic carbocycles. The van der Waals surface area contributed by atoms with Gasteiger partial charge in [-0.3, -0.25) is 14.1 Å². The van der Waals surface area contributed by atoms with Gasteiger partial charge in [0.25, 0.3) is 5.56 Å². The first-order valence-corrected chi connectivity index (χ1v) is 10.3. The van der Waals surface area contributed by atoms with Crippen LogP contribution in [0.5, 0.6) is 17.2 Å². The molecule has 0 aliphatic carbocycles. The van der Waals surface area contributed by atoms with E-state index >= 15 is 0 Å². The Labute approximate surface area is 183 Å². The number of aryl methyl sites for hydroxylation is 1. The van der Waals surface area contributed by atoms with E-state index in [-0.39, 0.29) is 5.56 Å². The van der Waals surface area contributed by atoms with Crippen LogP contribution in [0.2, 0.25) is 0 Å². The predicted octanol–water partition coefficient (Wildman–Crippen LogP) is 3.69. The van der Waals surface area contributed by atoms with E-state index in [1.54, 1.807) is 31.8 Å². The number of hydrogen-bond acceptors (Lipinski definition) is 6. The van der Waals surface area contributed by atoms with Crippen molar-refractivity contribution in [2.75, 3.05) is 27.9 Å². The fourth-order valence-corrected chi connectivity index (χ4v) is 3.75. The van der Waals surface area contributed by atoms with Crippen LogP contribution in [-0.4, -0.2) is 42.2 Å². The van der Waals surface area contributed by atoms with Crippen LogP contribution in [0.3, 0.4) is 0 Å². The zero-order chi connectivity index (χ0) is 22.5. The maximum atomic E-state index is 12.6. The Bertz CT molecular complexity index is 1080. The Morgan fingerprint density at radius 3 is 2.26 bits per heavy atom. The molecule has 7 nitrogen and oxygen atoms in total. The van der Waals surface area contributed by atoms with Crippen molar-refractivity contribution in [3.05, 3.63) is 63.7 Å². The Balaban J connectivity index is 1.92. The summed E-state index contributed by atoms with van der Waals surface area (Å²) in [6, 6.07) is 9.38. The molecule has 0 aliphatic rings. The molecule has 0 aliphatic heterocycles. The van der Waals surface area contributed by atoms with Crippen LogP contribution in [0, 0.1) is 12.8 Å². The van der Waals surface area contributed by atoms with Crippen molar-refractivity contribution < 1.29 is 14.2 Å². The summed E-state index contributed by atoms with van der Waals surface area (Å²) in [5.74, 6) is 2.27. The van der Waals surface area contributed by atoms with E-state index in [4.69, 9.17) is 19.2 Å². The van der Waals surface area contributed by atoms with Crippen molar-refractivity contribution in [3.63, 3.8) is 0 Å². The number of aromatic nitrogens is 2. The van der Waals surface area contributed by atoms with Gasteiger partial charge < -0.3 is 14.2 Å². The highest BCUT2D eigenvalue weighted by molar-refractivity contribution is 5.53. The highest BCUT2D eigenvalue weighted by Gasteiger charge is 2.17. The van der Waals surface area contributed by atoms with Gasteiger partial charge in [0.15, 0.2) is 11.5 Å². The third-order valence-electron chi connectivity index (χ3n) is 5.00. The lowest BCUT2D eigenvalue weighted by atomic mass is 10.1. The standard InChI is InChI=1S/C24H31N3O4/c1-16(2)12-26(14-18-9-20(29-4)24(31-6)21(10-18)30-5)15-19-11-23(28)27-13-17(3)7-8-22(27)25-19/h7-11,13,16H,12,14-15H2,1-6H3. The predicted molar refractivity (Wildman–Crippen MR) is 121 cm³/mol. The minimum atomic E-state index is -0.0685. The molecule has 31 heavy (non-hydrogen) atoms. The van der Waals surface area contributed by atoms with Gasteiger partial charge in [-0.15, -0.1) is 0 Å². The summed E-state index contributed by atoms with van der Waals surface area (Å²) >= 11 is 0. The maximum absolute atomic E-state index is 12.6. The SMILES string of the molecule is COc1cc(CN(Cc2cc(=O)n3cc(C)ccc3n2)CC(C)C)cc(OC)c1OC. The van der Waals surface area contributed by atoms with Crippen LogP contribution in [0.1, 0.15) is 30.7 Å². The smallest absolute Gasteiger partial charge is 0.258 e. The molecule has 0 bridgehead atoms. The average molecular weight is 426 g/mol. The van der Waals surface area contributed by atoms with Crippen LogP contribution in [0.15, 0.2) is 41.3 Å². The Morgan fingerprint density at radius 2 is 1.68 bits per heavy atom. The van der Waals surface area contributed by atoms with Crippen molar-refractivity contribution >= 4 is 5.65 Å². The van der Waals surface area contributed by atoms with Gasteiger partial charge >= 0.3 is 0 Å². The average Bonchev–Trinajstić information content (AvgIpc) is 2.73. The zero-order valence-corrected chi connectivity index (χ0v) is 19.1. The molecular formula is C24H31N3O4. The lowest BCUT2D eigenvalue weighted by molar-refractivity contribution is 0.224. The van der Waals surface area contributed by atoms with Gasteiger partial charge in [-0.1, -0.05) is 19.9 Å². The third kappa shape index (κ3) is 5.35. The second kappa shape index (κ2) is 9.83. The summed E-state index contributed by atoms with van der Waals surface area (Å²) in [4.78, 5) is 19.6. The molecule has 0 radical (unpaired) electrons. The molecule has 0 N–H and O–H groups in total. The summed E-state index contributed by atoms with van der Waals surface area (Å²) in [6.45, 7) is 8.38. The Kier molecular flexibility index (Phi) is 7.17. The van der Waals surface area contributed by atoms with Crippen LogP contribution in [-0.2, 0) is 13.1 Å². The minimum absolute atomic E-state index is 0.0685. The van der Waals surface area contributed by atoms with Crippen LogP contribution >= 0.6 is 0 Å². The summed E-state index contributed by atoms with van der Waals surface area (Å²) in [5, 5.41) is 0. The molecule has 0 unspecified atom stereocenters. The molecule has 0 saturated heterocycles. The summed E-state index contributed by atoms with van der Waals surface area (Å²) < 4.78 is 18.0. The molecule has 7 heteroatoms. The van der Waals surface area contributed by atoms with Gasteiger partial charge in [-0.25, -0.2) is 4.98 Å². The van der Waals surface area contributed by atoms with E-state index < -0.39 is 0 Å². The topological polar surface area (TPSA) is 65.3 Å². The van der Waals surface area contributed by atoms with Crippen molar-refractivity contribution in [3.8, 4) is 17.2 Å². The van der Waals surface area contributed by atoms with E-state index in [0.717, 1.165) is 23.4 Å². The number of benzene rings is 1. The van der Waals surface area contributed by atoms with Crippen LogP contribution < -0.4 is 19.8 Å². The molecule has 2 heterocycles. The molecular weight excluding hydrogens is 394 g/mol. The summed E-state index contributed by atoms with van der Waals surface area (Å²) in [7, 11) is 4.82. The number of nitrogens with zero attached hydrogens (tertiary/aromatic N) is 3. The van der Waals surface area contributed by atoms with Crippen LogP contribution in [0.4, 0.5) is 0 Å². The quantitative estimate of drug-likeness (QED) is 0.521. The van der Waals surface area contributed by atoms with Crippen molar-refractivity contribution in [1.29, 1.82) is 0 Å². The fourth-order valence-electron chi connectivity index (χ4n) is 3.75. The number of fused-ring (bicyclic) bond motifs is 1. The molecule has 3 aromatic rings. The summed E-state index contributed by atoms with van der Waals surface area (Å²) in [6.07, 6.45) is 1.82. The second-order valence-electron chi connectivity index (χ2n) is 8.12. The first kappa shape index (κ1) is 22.6. The molecule has 0 fully saturated rings. The van der Waals surface area contributed by atoms with E-state index in [1.165, 1.54) is 0 Å². The maximum Gasteiger partial charge on any atom is 0.258 e. The Hall–Kier alpha value is -3.06. The highest BCUT2D eigenvalue weighted by atomic mass is 16.5. The van der Waals surface area contributed by atoms with E-state index in [1.807, 2.05) is 37.4 Å². The minimum Gasteiger partial charge on any atom is -0.493 e. The van der Waals surface area contributed by atoms with Gasteiger partial charge in [0, 0.05) is 31.9 Å². The zero-order valence-electron chi connectivity index (χ0n) is 19.1. The number of hydrogen-bond donors (Lipinski definition) is 0. The second-order valence-corrected chi connectivity index (χ2v) is 8.12.